The average Bonchev–Trinajstić information content (AvgIpc) is 2.08. The summed E-state index contributed by atoms with van der Waals surface area (Å²) in [6.45, 7) is 1.52. The predicted molar refractivity (Wildman–Crippen MR) is 49.4 cm³/mol. The van der Waals surface area contributed by atoms with Crippen LogP contribution in [0.15, 0.2) is 29.8 Å². The van der Waals surface area contributed by atoms with E-state index < -0.39 is 5.97 Å². The number of hydrogen-bond acceptors (Lipinski definition) is 2. The van der Waals surface area contributed by atoms with Gasteiger partial charge in [-0.2, -0.15) is 0 Å². The molecular weight excluding hydrogens is 168 g/mol. The molecule has 13 heavy (non-hydrogen) atoms. The van der Waals surface area contributed by atoms with Gasteiger partial charge in [0.15, 0.2) is 0 Å². The summed E-state index contributed by atoms with van der Waals surface area (Å²) in [4.78, 5) is 10.5. The molecule has 0 saturated heterocycles. The highest BCUT2D eigenvalue weighted by molar-refractivity contribution is 5.91. The predicted octanol–water partition coefficient (Wildman–Crippen LogP) is 1.88. The normalized spacial score (nSPS) is 11.3. The summed E-state index contributed by atoms with van der Waals surface area (Å²) in [5, 5.41) is 17.5. The monoisotopic (exact) mass is 178 g/mol. The number of aliphatic carboxylic acids is 1. The Morgan fingerprint density at radius 3 is 2.31 bits per heavy atom. The van der Waals surface area contributed by atoms with Gasteiger partial charge in [0.05, 0.1) is 0 Å². The number of carboxylic acid groups (broad SMARTS) is 1. The first-order valence-electron chi connectivity index (χ1n) is 3.80. The average molecular weight is 178 g/mol. The van der Waals surface area contributed by atoms with Gasteiger partial charge in [0.2, 0.25) is 0 Å². The molecule has 0 spiro atoms. The highest BCUT2D eigenvalue weighted by Gasteiger charge is 1.99. The van der Waals surface area contributed by atoms with Crippen LogP contribution in [0.2, 0.25) is 0 Å². The quantitative estimate of drug-likeness (QED) is 0.680. The van der Waals surface area contributed by atoms with Gasteiger partial charge in [-0.15, -0.1) is 0 Å². The first kappa shape index (κ1) is 9.32. The SMILES string of the molecule is C/C(=C/c1ccc(O)cc1)C(=O)O. The van der Waals surface area contributed by atoms with Crippen molar-refractivity contribution in [1.29, 1.82) is 0 Å². The summed E-state index contributed by atoms with van der Waals surface area (Å²) in [7, 11) is 0. The van der Waals surface area contributed by atoms with Crippen LogP contribution in [-0.2, 0) is 4.79 Å². The second-order valence-corrected chi connectivity index (χ2v) is 2.72. The summed E-state index contributed by atoms with van der Waals surface area (Å²) in [5.41, 5.74) is 1.03. The minimum absolute atomic E-state index is 0.171. The topological polar surface area (TPSA) is 57.5 Å². The van der Waals surface area contributed by atoms with E-state index in [0.29, 0.717) is 0 Å². The molecule has 0 heterocycles. The Bertz CT molecular complexity index is 336. The molecule has 1 aromatic rings. The van der Waals surface area contributed by atoms with E-state index in [2.05, 4.69) is 0 Å². The molecule has 0 amide bonds. The highest BCUT2D eigenvalue weighted by Crippen LogP contribution is 2.12. The van der Waals surface area contributed by atoms with Crippen molar-refractivity contribution in [3.8, 4) is 5.75 Å². The van der Waals surface area contributed by atoms with Crippen LogP contribution in [0.3, 0.4) is 0 Å². The van der Waals surface area contributed by atoms with Crippen LogP contribution in [-0.4, -0.2) is 16.2 Å². The molecule has 1 rings (SSSR count). The first-order chi connectivity index (χ1) is 6.09. The van der Waals surface area contributed by atoms with Crippen molar-refractivity contribution in [2.24, 2.45) is 0 Å². The molecular formula is C10H10O3. The molecule has 2 N–H and O–H groups in total. The number of carboxylic acids is 1. The fourth-order valence-electron chi connectivity index (χ4n) is 0.882. The Balaban J connectivity index is 2.92. The molecule has 68 valence electrons. The van der Waals surface area contributed by atoms with Crippen LogP contribution in [0.1, 0.15) is 12.5 Å². The van der Waals surface area contributed by atoms with E-state index >= 15 is 0 Å². The van der Waals surface area contributed by atoms with Gasteiger partial charge in [-0.1, -0.05) is 12.1 Å². The van der Waals surface area contributed by atoms with Crippen LogP contribution in [0.25, 0.3) is 6.08 Å². The molecule has 0 atom stereocenters. The first-order valence-corrected chi connectivity index (χ1v) is 3.80. The number of carbonyl (C=O) groups is 1. The number of aromatic hydroxyl groups is 1. The van der Waals surface area contributed by atoms with Crippen LogP contribution in [0.4, 0.5) is 0 Å². The molecule has 0 aliphatic rings. The minimum atomic E-state index is -0.937. The fourth-order valence-corrected chi connectivity index (χ4v) is 0.882. The van der Waals surface area contributed by atoms with Crippen molar-refractivity contribution < 1.29 is 15.0 Å². The van der Waals surface area contributed by atoms with Gasteiger partial charge in [-0.05, 0) is 30.7 Å². The lowest BCUT2D eigenvalue weighted by atomic mass is 10.1. The van der Waals surface area contributed by atoms with Crippen LogP contribution in [0.5, 0.6) is 5.75 Å². The summed E-state index contributed by atoms with van der Waals surface area (Å²) in [6, 6.07) is 6.34. The summed E-state index contributed by atoms with van der Waals surface area (Å²) in [6.07, 6.45) is 1.54. The maximum Gasteiger partial charge on any atom is 0.331 e. The van der Waals surface area contributed by atoms with Gasteiger partial charge in [-0.3, -0.25) is 0 Å². The molecule has 0 aliphatic carbocycles. The fraction of sp³-hybridized carbons (Fsp3) is 0.100. The van der Waals surface area contributed by atoms with E-state index in [1.54, 1.807) is 18.2 Å². The van der Waals surface area contributed by atoms with Gasteiger partial charge in [0.25, 0.3) is 0 Å². The Labute approximate surface area is 76.0 Å². The molecule has 3 heteroatoms. The highest BCUT2D eigenvalue weighted by atomic mass is 16.4. The zero-order valence-corrected chi connectivity index (χ0v) is 7.19. The molecule has 0 bridgehead atoms. The van der Waals surface area contributed by atoms with Crippen molar-refractivity contribution in [2.45, 2.75) is 6.92 Å². The van der Waals surface area contributed by atoms with Crippen molar-refractivity contribution in [3.63, 3.8) is 0 Å². The smallest absolute Gasteiger partial charge is 0.331 e. The van der Waals surface area contributed by atoms with Gasteiger partial charge < -0.3 is 10.2 Å². The summed E-state index contributed by atoms with van der Waals surface area (Å²) >= 11 is 0. The molecule has 0 radical (unpaired) electrons. The van der Waals surface area contributed by atoms with E-state index in [-0.39, 0.29) is 11.3 Å². The van der Waals surface area contributed by atoms with Crippen LogP contribution >= 0.6 is 0 Å². The number of phenolic OH excluding ortho intramolecular Hbond substituents is 1. The number of phenols is 1. The van der Waals surface area contributed by atoms with Crippen LogP contribution < -0.4 is 0 Å². The maximum atomic E-state index is 10.5. The third kappa shape index (κ3) is 2.63. The van der Waals surface area contributed by atoms with Gasteiger partial charge in [0, 0.05) is 5.57 Å². The molecule has 0 aliphatic heterocycles. The number of hydrogen-bond donors (Lipinski definition) is 2. The Kier molecular flexibility index (Phi) is 2.69. The van der Waals surface area contributed by atoms with Crippen molar-refractivity contribution in [3.05, 3.63) is 35.4 Å². The Morgan fingerprint density at radius 2 is 1.85 bits per heavy atom. The van der Waals surface area contributed by atoms with Gasteiger partial charge >= 0.3 is 5.97 Å². The van der Waals surface area contributed by atoms with Crippen molar-refractivity contribution in [1.82, 2.24) is 0 Å². The summed E-state index contributed by atoms with van der Waals surface area (Å²) < 4.78 is 0. The van der Waals surface area contributed by atoms with E-state index in [9.17, 15) is 4.79 Å². The van der Waals surface area contributed by atoms with E-state index in [0.717, 1.165) is 5.56 Å². The zero-order valence-electron chi connectivity index (χ0n) is 7.19. The van der Waals surface area contributed by atoms with E-state index in [4.69, 9.17) is 10.2 Å². The standard InChI is InChI=1S/C10H10O3/c1-7(10(12)13)6-8-2-4-9(11)5-3-8/h2-6,11H,1H3,(H,12,13)/b7-6-. The second kappa shape index (κ2) is 3.76. The third-order valence-electron chi connectivity index (χ3n) is 1.61. The molecule has 0 fully saturated rings. The molecule has 0 aromatic heterocycles. The molecule has 0 unspecified atom stereocenters. The van der Waals surface area contributed by atoms with Gasteiger partial charge in [-0.25, -0.2) is 4.79 Å². The zero-order chi connectivity index (χ0) is 9.84. The lowest BCUT2D eigenvalue weighted by Crippen LogP contribution is -1.95. The van der Waals surface area contributed by atoms with Crippen molar-refractivity contribution in [2.75, 3.05) is 0 Å². The lowest BCUT2D eigenvalue weighted by molar-refractivity contribution is -0.132. The Morgan fingerprint density at radius 1 is 1.31 bits per heavy atom. The number of benzene rings is 1. The summed E-state index contributed by atoms with van der Waals surface area (Å²) in [5.74, 6) is -0.766. The van der Waals surface area contributed by atoms with E-state index in [1.165, 1.54) is 19.1 Å². The largest absolute Gasteiger partial charge is 0.508 e. The molecule has 0 saturated carbocycles. The lowest BCUT2D eigenvalue weighted by Gasteiger charge is -1.95. The van der Waals surface area contributed by atoms with Crippen molar-refractivity contribution >= 4 is 12.0 Å². The Hall–Kier alpha value is -1.77. The van der Waals surface area contributed by atoms with E-state index in [1.807, 2.05) is 0 Å². The third-order valence-corrected chi connectivity index (χ3v) is 1.61. The molecule has 3 nitrogen and oxygen atoms in total. The maximum absolute atomic E-state index is 10.5. The minimum Gasteiger partial charge on any atom is -0.508 e. The number of rotatable bonds is 2. The van der Waals surface area contributed by atoms with Crippen LogP contribution in [0, 0.1) is 0 Å². The second-order valence-electron chi connectivity index (χ2n) is 2.72. The van der Waals surface area contributed by atoms with Gasteiger partial charge in [0.1, 0.15) is 5.75 Å². The molecule has 1 aromatic carbocycles.